The van der Waals surface area contributed by atoms with Gasteiger partial charge in [-0.2, -0.15) is 0 Å². The third-order valence-electron chi connectivity index (χ3n) is 4.05. The van der Waals surface area contributed by atoms with Crippen LogP contribution >= 0.6 is 0 Å². The summed E-state index contributed by atoms with van der Waals surface area (Å²) >= 11 is 0. The second-order valence-electron chi connectivity index (χ2n) is 5.82. The van der Waals surface area contributed by atoms with Crippen LogP contribution in [0.3, 0.4) is 0 Å². The van der Waals surface area contributed by atoms with Crippen molar-refractivity contribution in [2.75, 3.05) is 5.32 Å². The molecule has 0 atom stereocenters. The Hall–Kier alpha value is -2.95. The van der Waals surface area contributed by atoms with Crippen LogP contribution in [0.25, 0.3) is 0 Å². The monoisotopic (exact) mass is 337 g/mol. The lowest BCUT2D eigenvalue weighted by molar-refractivity contribution is 0.625. The molecule has 4 nitrogen and oxygen atoms in total. The van der Waals surface area contributed by atoms with Crippen LogP contribution in [-0.4, -0.2) is 9.55 Å². The average molecular weight is 337 g/mol. The van der Waals surface area contributed by atoms with E-state index in [2.05, 4.69) is 10.3 Å². The Bertz CT molecular complexity index is 889. The number of nitrogens with zero attached hydrogens (tertiary/aromatic N) is 2. The molecule has 0 fully saturated rings. The van der Waals surface area contributed by atoms with Gasteiger partial charge in [0.05, 0.1) is 6.54 Å². The maximum absolute atomic E-state index is 13.1. The van der Waals surface area contributed by atoms with Crippen molar-refractivity contribution >= 4 is 5.95 Å². The van der Waals surface area contributed by atoms with Crippen LogP contribution in [0.15, 0.2) is 65.6 Å². The minimum absolute atomic E-state index is 0.0719. The molecule has 0 amide bonds. The Morgan fingerprint density at radius 2 is 1.76 bits per heavy atom. The van der Waals surface area contributed by atoms with Crippen LogP contribution in [-0.2, 0) is 19.5 Å². The number of rotatable bonds is 6. The van der Waals surface area contributed by atoms with Gasteiger partial charge in [-0.1, -0.05) is 49.4 Å². The van der Waals surface area contributed by atoms with Crippen LogP contribution in [0, 0.1) is 5.82 Å². The molecule has 0 spiro atoms. The maximum Gasteiger partial charge on any atom is 0.258 e. The van der Waals surface area contributed by atoms with Gasteiger partial charge in [0, 0.05) is 18.3 Å². The molecule has 1 N–H and O–H groups in total. The molecule has 128 valence electrons. The molecule has 0 aliphatic heterocycles. The number of hydrogen-bond acceptors (Lipinski definition) is 3. The lowest BCUT2D eigenvalue weighted by Gasteiger charge is -2.15. The lowest BCUT2D eigenvalue weighted by Crippen LogP contribution is -2.28. The second kappa shape index (κ2) is 7.75. The Morgan fingerprint density at radius 3 is 2.44 bits per heavy atom. The molecular weight excluding hydrogens is 317 g/mol. The Labute approximate surface area is 146 Å². The summed E-state index contributed by atoms with van der Waals surface area (Å²) in [5.41, 5.74) is 2.54. The first-order chi connectivity index (χ1) is 12.2. The van der Waals surface area contributed by atoms with E-state index in [0.29, 0.717) is 31.0 Å². The summed E-state index contributed by atoms with van der Waals surface area (Å²) < 4.78 is 14.7. The van der Waals surface area contributed by atoms with Crippen molar-refractivity contribution in [2.45, 2.75) is 26.4 Å². The zero-order valence-corrected chi connectivity index (χ0v) is 14.1. The van der Waals surface area contributed by atoms with E-state index in [4.69, 9.17) is 0 Å². The number of halogens is 1. The fraction of sp³-hybridized carbons (Fsp3) is 0.200. The minimum Gasteiger partial charge on any atom is -0.351 e. The van der Waals surface area contributed by atoms with Crippen LogP contribution in [0.2, 0.25) is 0 Å². The number of aromatic nitrogens is 2. The van der Waals surface area contributed by atoms with E-state index in [1.165, 1.54) is 12.1 Å². The Balaban J connectivity index is 1.90. The summed E-state index contributed by atoms with van der Waals surface area (Å²) in [6.45, 7) is 2.84. The summed E-state index contributed by atoms with van der Waals surface area (Å²) in [5.74, 6) is 0.217. The SMILES string of the molecule is CCc1cnc(NCc2ccccc2)n(Cc2ccc(F)cc2)c1=O. The van der Waals surface area contributed by atoms with Gasteiger partial charge in [-0.25, -0.2) is 9.37 Å². The molecule has 0 aliphatic rings. The number of nitrogens with one attached hydrogen (secondary N) is 1. The molecule has 1 heterocycles. The van der Waals surface area contributed by atoms with Crippen molar-refractivity contribution in [3.63, 3.8) is 0 Å². The van der Waals surface area contributed by atoms with Gasteiger partial charge in [-0.15, -0.1) is 0 Å². The molecule has 0 bridgehead atoms. The first-order valence-corrected chi connectivity index (χ1v) is 8.28. The van der Waals surface area contributed by atoms with Gasteiger partial charge >= 0.3 is 0 Å². The first-order valence-electron chi connectivity index (χ1n) is 8.28. The van der Waals surface area contributed by atoms with E-state index >= 15 is 0 Å². The standard InChI is InChI=1S/C20H20FN3O/c1-2-17-13-23-20(22-12-15-6-4-3-5-7-15)24(19(17)25)14-16-8-10-18(21)11-9-16/h3-11,13H,2,12,14H2,1H3,(H,22,23). The van der Waals surface area contributed by atoms with Crippen molar-refractivity contribution < 1.29 is 4.39 Å². The minimum atomic E-state index is -0.293. The summed E-state index contributed by atoms with van der Waals surface area (Å²) in [5, 5.41) is 3.23. The molecule has 0 radical (unpaired) electrons. The van der Waals surface area contributed by atoms with Crippen molar-refractivity contribution in [2.24, 2.45) is 0 Å². The van der Waals surface area contributed by atoms with E-state index in [1.54, 1.807) is 22.9 Å². The highest BCUT2D eigenvalue weighted by Crippen LogP contribution is 2.10. The zero-order valence-electron chi connectivity index (χ0n) is 14.1. The van der Waals surface area contributed by atoms with Crippen LogP contribution < -0.4 is 10.9 Å². The fourth-order valence-electron chi connectivity index (χ4n) is 2.61. The Morgan fingerprint density at radius 1 is 1.04 bits per heavy atom. The topological polar surface area (TPSA) is 46.9 Å². The van der Waals surface area contributed by atoms with E-state index in [-0.39, 0.29) is 11.4 Å². The number of benzene rings is 2. The van der Waals surface area contributed by atoms with Crippen molar-refractivity contribution in [1.29, 1.82) is 0 Å². The van der Waals surface area contributed by atoms with Gasteiger partial charge in [-0.05, 0) is 29.7 Å². The van der Waals surface area contributed by atoms with Gasteiger partial charge in [-0.3, -0.25) is 9.36 Å². The van der Waals surface area contributed by atoms with Crippen LogP contribution in [0.5, 0.6) is 0 Å². The lowest BCUT2D eigenvalue weighted by atomic mass is 10.2. The second-order valence-corrected chi connectivity index (χ2v) is 5.82. The number of anilines is 1. The highest BCUT2D eigenvalue weighted by Gasteiger charge is 2.10. The van der Waals surface area contributed by atoms with Crippen molar-refractivity contribution in [3.05, 3.63) is 93.7 Å². The van der Waals surface area contributed by atoms with Gasteiger partial charge in [0.15, 0.2) is 0 Å². The Kier molecular flexibility index (Phi) is 5.23. The van der Waals surface area contributed by atoms with E-state index in [0.717, 1.165) is 11.1 Å². The number of hydrogen-bond donors (Lipinski definition) is 1. The summed E-state index contributed by atoms with van der Waals surface area (Å²) in [6, 6.07) is 16.1. The maximum atomic E-state index is 13.1. The zero-order chi connectivity index (χ0) is 17.6. The molecule has 5 heteroatoms. The fourth-order valence-corrected chi connectivity index (χ4v) is 2.61. The van der Waals surface area contributed by atoms with Gasteiger partial charge in [0.2, 0.25) is 5.95 Å². The molecule has 3 aromatic rings. The first kappa shape index (κ1) is 16.9. The molecule has 25 heavy (non-hydrogen) atoms. The molecule has 0 saturated carbocycles. The van der Waals surface area contributed by atoms with Crippen LogP contribution in [0.4, 0.5) is 10.3 Å². The number of aryl methyl sites for hydroxylation is 1. The molecule has 2 aromatic carbocycles. The molecule has 0 unspecified atom stereocenters. The smallest absolute Gasteiger partial charge is 0.258 e. The predicted molar refractivity (Wildman–Crippen MR) is 97.1 cm³/mol. The van der Waals surface area contributed by atoms with Gasteiger partial charge in [0.1, 0.15) is 5.82 Å². The third-order valence-corrected chi connectivity index (χ3v) is 4.05. The highest BCUT2D eigenvalue weighted by atomic mass is 19.1. The van der Waals surface area contributed by atoms with Crippen molar-refractivity contribution in [1.82, 2.24) is 9.55 Å². The highest BCUT2D eigenvalue weighted by molar-refractivity contribution is 5.31. The van der Waals surface area contributed by atoms with E-state index < -0.39 is 0 Å². The van der Waals surface area contributed by atoms with E-state index in [9.17, 15) is 9.18 Å². The molecule has 1 aromatic heterocycles. The normalized spacial score (nSPS) is 10.6. The average Bonchev–Trinajstić information content (AvgIpc) is 2.65. The van der Waals surface area contributed by atoms with Crippen LogP contribution in [0.1, 0.15) is 23.6 Å². The summed E-state index contributed by atoms with van der Waals surface area (Å²) in [4.78, 5) is 17.1. The summed E-state index contributed by atoms with van der Waals surface area (Å²) in [7, 11) is 0. The van der Waals surface area contributed by atoms with E-state index in [1.807, 2.05) is 37.3 Å². The largest absolute Gasteiger partial charge is 0.351 e. The van der Waals surface area contributed by atoms with Crippen molar-refractivity contribution in [3.8, 4) is 0 Å². The predicted octanol–water partition coefficient (Wildman–Crippen LogP) is 3.61. The summed E-state index contributed by atoms with van der Waals surface area (Å²) in [6.07, 6.45) is 2.24. The van der Waals surface area contributed by atoms with Gasteiger partial charge in [0.25, 0.3) is 5.56 Å². The molecular formula is C20H20FN3O. The van der Waals surface area contributed by atoms with Gasteiger partial charge < -0.3 is 5.32 Å². The quantitative estimate of drug-likeness (QED) is 0.747. The third kappa shape index (κ3) is 4.12. The molecule has 0 aliphatic carbocycles. The molecule has 3 rings (SSSR count). The molecule has 0 saturated heterocycles.